The van der Waals surface area contributed by atoms with Crippen LogP contribution in [0.4, 0.5) is 0 Å². The topological polar surface area (TPSA) is 16.6 Å². The maximum Gasteiger partial charge on any atom is 0.0758 e. The van der Waals surface area contributed by atoms with Crippen molar-refractivity contribution in [3.8, 4) is 0 Å². The number of rotatable bonds is 1. The normalized spacial score (nSPS) is 23.6. The van der Waals surface area contributed by atoms with Gasteiger partial charge in [0.1, 0.15) is 0 Å². The maximum absolute atomic E-state index is 3.50. The molecule has 1 rings (SSSR count). The first-order valence-corrected chi connectivity index (χ1v) is 4.43. The third-order valence-corrected chi connectivity index (χ3v) is 2.69. The molecule has 0 atom stereocenters. The molecule has 0 aromatic carbocycles. The van der Waals surface area contributed by atoms with E-state index in [1.807, 2.05) is 0 Å². The Morgan fingerprint density at radius 1 is 1.38 bits per heavy atom. The number of hydrogen-bond acceptors (Lipinski definition) is 0. The standard InChI is InChI=1S/C6H12BrN/c7-5-6-1-3-8-4-2-6/h6,8H,1-5H2/p+1. The molecule has 2 heteroatoms. The lowest BCUT2D eigenvalue weighted by molar-refractivity contribution is -0.664. The molecule has 0 aliphatic carbocycles. The third kappa shape index (κ3) is 1.75. The molecule has 0 spiro atoms. The Bertz CT molecular complexity index is 59.5. The summed E-state index contributed by atoms with van der Waals surface area (Å²) in [5.41, 5.74) is 0. The second-order valence-electron chi connectivity index (χ2n) is 2.46. The molecular formula is C6H13BrN+. The Hall–Kier alpha value is 0.440. The van der Waals surface area contributed by atoms with Crippen LogP contribution in [0.1, 0.15) is 12.8 Å². The molecule has 0 saturated carbocycles. The molecule has 1 nitrogen and oxygen atoms in total. The first kappa shape index (κ1) is 6.56. The molecule has 2 N–H and O–H groups in total. The van der Waals surface area contributed by atoms with Gasteiger partial charge in [0.15, 0.2) is 0 Å². The van der Waals surface area contributed by atoms with Crippen molar-refractivity contribution >= 4 is 15.9 Å². The van der Waals surface area contributed by atoms with E-state index in [0.717, 1.165) is 5.92 Å². The summed E-state index contributed by atoms with van der Waals surface area (Å²) < 4.78 is 0. The predicted molar refractivity (Wildman–Crippen MR) is 38.2 cm³/mol. The highest BCUT2D eigenvalue weighted by Gasteiger charge is 2.12. The SMILES string of the molecule is BrCC1CC[NH2+]CC1. The number of hydrogen-bond donors (Lipinski definition) is 1. The van der Waals surface area contributed by atoms with Gasteiger partial charge in [-0.05, 0) is 5.92 Å². The van der Waals surface area contributed by atoms with Crippen LogP contribution in [-0.4, -0.2) is 18.4 Å². The average Bonchev–Trinajstić information content (AvgIpc) is 1.90. The fraction of sp³-hybridized carbons (Fsp3) is 1.00. The molecule has 48 valence electrons. The van der Waals surface area contributed by atoms with E-state index >= 15 is 0 Å². The second kappa shape index (κ2) is 3.46. The van der Waals surface area contributed by atoms with Crippen LogP contribution in [0.25, 0.3) is 0 Å². The van der Waals surface area contributed by atoms with Gasteiger partial charge in [0, 0.05) is 18.2 Å². The lowest BCUT2D eigenvalue weighted by atomic mass is 10.0. The molecule has 1 saturated heterocycles. The van der Waals surface area contributed by atoms with Crippen LogP contribution in [0.2, 0.25) is 0 Å². The van der Waals surface area contributed by atoms with Gasteiger partial charge in [0.05, 0.1) is 13.1 Å². The molecule has 0 aromatic heterocycles. The van der Waals surface area contributed by atoms with Crippen molar-refractivity contribution in [3.05, 3.63) is 0 Å². The Labute approximate surface area is 59.0 Å². The molecule has 0 radical (unpaired) electrons. The van der Waals surface area contributed by atoms with Gasteiger partial charge in [0.2, 0.25) is 0 Å². The van der Waals surface area contributed by atoms with E-state index in [1.165, 1.54) is 31.3 Å². The zero-order valence-corrected chi connectivity index (χ0v) is 6.65. The number of quaternary nitrogens is 1. The van der Waals surface area contributed by atoms with Gasteiger partial charge < -0.3 is 5.32 Å². The highest BCUT2D eigenvalue weighted by molar-refractivity contribution is 9.09. The summed E-state index contributed by atoms with van der Waals surface area (Å²) in [5.74, 6) is 0.972. The van der Waals surface area contributed by atoms with E-state index in [9.17, 15) is 0 Å². The summed E-state index contributed by atoms with van der Waals surface area (Å²) in [6, 6.07) is 0. The van der Waals surface area contributed by atoms with Gasteiger partial charge in [-0.15, -0.1) is 0 Å². The van der Waals surface area contributed by atoms with E-state index in [2.05, 4.69) is 21.2 Å². The van der Waals surface area contributed by atoms with Gasteiger partial charge in [-0.1, -0.05) is 15.9 Å². The van der Waals surface area contributed by atoms with Crippen LogP contribution < -0.4 is 5.32 Å². The minimum absolute atomic E-state index is 0.972. The zero-order valence-electron chi connectivity index (χ0n) is 5.07. The molecular weight excluding hydrogens is 166 g/mol. The lowest BCUT2D eigenvalue weighted by Gasteiger charge is -2.16. The van der Waals surface area contributed by atoms with Crippen molar-refractivity contribution in [3.63, 3.8) is 0 Å². The molecule has 1 fully saturated rings. The summed E-state index contributed by atoms with van der Waals surface area (Å²) in [6.45, 7) is 2.69. The Kier molecular flexibility index (Phi) is 2.84. The summed E-state index contributed by atoms with van der Waals surface area (Å²) in [6.07, 6.45) is 2.82. The Morgan fingerprint density at radius 3 is 2.38 bits per heavy atom. The van der Waals surface area contributed by atoms with Crippen LogP contribution in [0.15, 0.2) is 0 Å². The van der Waals surface area contributed by atoms with Crippen molar-refractivity contribution in [2.75, 3.05) is 18.4 Å². The average molecular weight is 179 g/mol. The van der Waals surface area contributed by atoms with Gasteiger partial charge >= 0.3 is 0 Å². The molecule has 1 aliphatic heterocycles. The first-order valence-electron chi connectivity index (χ1n) is 3.31. The number of alkyl halides is 1. The fourth-order valence-electron chi connectivity index (χ4n) is 1.15. The number of halogens is 1. The molecule has 1 aliphatic rings. The maximum atomic E-state index is 3.50. The van der Waals surface area contributed by atoms with Crippen molar-refractivity contribution in [2.24, 2.45) is 5.92 Å². The van der Waals surface area contributed by atoms with Crippen molar-refractivity contribution in [1.29, 1.82) is 0 Å². The van der Waals surface area contributed by atoms with E-state index in [-0.39, 0.29) is 0 Å². The minimum Gasteiger partial charge on any atom is -0.346 e. The summed E-state index contributed by atoms with van der Waals surface area (Å²) in [7, 11) is 0. The molecule has 0 unspecified atom stereocenters. The largest absolute Gasteiger partial charge is 0.346 e. The van der Waals surface area contributed by atoms with E-state index in [4.69, 9.17) is 0 Å². The second-order valence-corrected chi connectivity index (χ2v) is 3.11. The van der Waals surface area contributed by atoms with Crippen LogP contribution in [0, 0.1) is 5.92 Å². The highest BCUT2D eigenvalue weighted by Crippen LogP contribution is 2.10. The monoisotopic (exact) mass is 178 g/mol. The van der Waals surface area contributed by atoms with Crippen LogP contribution >= 0.6 is 15.9 Å². The highest BCUT2D eigenvalue weighted by atomic mass is 79.9. The van der Waals surface area contributed by atoms with Crippen molar-refractivity contribution in [2.45, 2.75) is 12.8 Å². The summed E-state index contributed by atoms with van der Waals surface area (Å²) in [4.78, 5) is 0. The minimum atomic E-state index is 0.972. The third-order valence-electron chi connectivity index (χ3n) is 1.78. The molecule has 0 amide bonds. The predicted octanol–water partition coefficient (Wildman–Crippen LogP) is 0.355. The van der Waals surface area contributed by atoms with E-state index in [0.29, 0.717) is 0 Å². The van der Waals surface area contributed by atoms with E-state index in [1.54, 1.807) is 0 Å². The number of piperidine rings is 1. The smallest absolute Gasteiger partial charge is 0.0758 e. The van der Waals surface area contributed by atoms with Gasteiger partial charge in [0.25, 0.3) is 0 Å². The summed E-state index contributed by atoms with van der Waals surface area (Å²) >= 11 is 3.50. The zero-order chi connectivity index (χ0) is 5.82. The van der Waals surface area contributed by atoms with E-state index < -0.39 is 0 Å². The van der Waals surface area contributed by atoms with Crippen molar-refractivity contribution < 1.29 is 5.32 Å². The first-order chi connectivity index (χ1) is 3.93. The summed E-state index contributed by atoms with van der Waals surface area (Å²) in [5, 5.41) is 3.61. The van der Waals surface area contributed by atoms with Crippen LogP contribution in [0.3, 0.4) is 0 Å². The quantitative estimate of drug-likeness (QED) is 0.559. The van der Waals surface area contributed by atoms with Gasteiger partial charge in [-0.3, -0.25) is 0 Å². The lowest BCUT2D eigenvalue weighted by Crippen LogP contribution is -2.86. The molecule has 8 heavy (non-hydrogen) atoms. The van der Waals surface area contributed by atoms with Gasteiger partial charge in [-0.2, -0.15) is 0 Å². The fourth-order valence-corrected chi connectivity index (χ4v) is 1.80. The molecule has 1 heterocycles. The van der Waals surface area contributed by atoms with Crippen LogP contribution in [0.5, 0.6) is 0 Å². The Balaban J connectivity index is 2.13. The van der Waals surface area contributed by atoms with Crippen molar-refractivity contribution in [1.82, 2.24) is 0 Å². The molecule has 0 aromatic rings. The Morgan fingerprint density at radius 2 is 2.00 bits per heavy atom. The number of nitrogens with two attached hydrogens (primary N) is 1. The van der Waals surface area contributed by atoms with Gasteiger partial charge in [-0.25, -0.2) is 0 Å². The van der Waals surface area contributed by atoms with Crippen LogP contribution in [-0.2, 0) is 0 Å². The molecule has 0 bridgehead atoms.